The van der Waals surface area contributed by atoms with Gasteiger partial charge in [0.25, 0.3) is 0 Å². The van der Waals surface area contributed by atoms with E-state index in [4.69, 9.17) is 21.6 Å². The van der Waals surface area contributed by atoms with Crippen molar-refractivity contribution in [2.24, 2.45) is 0 Å². The number of fused-ring (bicyclic) bond motifs is 1. The summed E-state index contributed by atoms with van der Waals surface area (Å²) in [6.45, 7) is 0. The molecule has 0 amide bonds. The van der Waals surface area contributed by atoms with E-state index in [0.29, 0.717) is 5.82 Å². The molecule has 0 saturated carbocycles. The Morgan fingerprint density at radius 3 is 1.90 bits per heavy atom. The zero-order valence-corrected chi connectivity index (χ0v) is 16.3. The van der Waals surface area contributed by atoms with Crippen LogP contribution in [-0.2, 0) is 0 Å². The fourth-order valence-electron chi connectivity index (χ4n) is 3.47. The van der Waals surface area contributed by atoms with Crippen LogP contribution in [0.1, 0.15) is 0 Å². The van der Waals surface area contributed by atoms with E-state index < -0.39 is 0 Å². The molecule has 0 saturated heterocycles. The van der Waals surface area contributed by atoms with Crippen LogP contribution in [0.4, 0.5) is 0 Å². The summed E-state index contributed by atoms with van der Waals surface area (Å²) in [6.07, 6.45) is 0. The highest BCUT2D eigenvalue weighted by Crippen LogP contribution is 2.31. The number of rotatable bonds is 3. The van der Waals surface area contributed by atoms with Gasteiger partial charge in [0.2, 0.25) is 0 Å². The zero-order valence-electron chi connectivity index (χ0n) is 15.6. The minimum atomic E-state index is 0.716. The molecule has 5 aromatic rings. The predicted molar refractivity (Wildman–Crippen MR) is 121 cm³/mol. The van der Waals surface area contributed by atoms with Crippen molar-refractivity contribution >= 4 is 22.4 Å². The van der Waals surface area contributed by atoms with Crippen LogP contribution in [-0.4, -0.2) is 9.97 Å². The van der Waals surface area contributed by atoms with Crippen molar-refractivity contribution in [3.05, 3.63) is 108 Å². The Labute approximate surface area is 174 Å². The van der Waals surface area contributed by atoms with Crippen molar-refractivity contribution < 1.29 is 0 Å². The van der Waals surface area contributed by atoms with Crippen molar-refractivity contribution in [2.45, 2.75) is 0 Å². The molecule has 138 valence electrons. The summed E-state index contributed by atoms with van der Waals surface area (Å²) in [6, 6.07) is 34.5. The van der Waals surface area contributed by atoms with Crippen LogP contribution in [0, 0.1) is 0 Å². The van der Waals surface area contributed by atoms with Gasteiger partial charge in [-0.2, -0.15) is 0 Å². The Morgan fingerprint density at radius 2 is 1.17 bits per heavy atom. The molecule has 0 atom stereocenters. The second-order valence-corrected chi connectivity index (χ2v) is 7.28. The summed E-state index contributed by atoms with van der Waals surface area (Å²) < 4.78 is 0. The van der Waals surface area contributed by atoms with E-state index in [2.05, 4.69) is 36.4 Å². The van der Waals surface area contributed by atoms with Crippen molar-refractivity contribution in [2.75, 3.05) is 0 Å². The van der Waals surface area contributed by atoms with Gasteiger partial charge in [-0.3, -0.25) is 0 Å². The van der Waals surface area contributed by atoms with Crippen molar-refractivity contribution in [1.29, 1.82) is 0 Å². The molecule has 0 aliphatic heterocycles. The molecular weight excluding hydrogens is 376 g/mol. The van der Waals surface area contributed by atoms with Gasteiger partial charge < -0.3 is 0 Å². The Kier molecular flexibility index (Phi) is 4.55. The quantitative estimate of drug-likeness (QED) is 0.322. The maximum Gasteiger partial charge on any atom is 0.160 e. The molecule has 1 aromatic heterocycles. The van der Waals surface area contributed by atoms with Crippen LogP contribution in [0.25, 0.3) is 44.7 Å². The minimum Gasteiger partial charge on any atom is -0.228 e. The molecular formula is C26H17ClN2. The van der Waals surface area contributed by atoms with Gasteiger partial charge in [-0.25, -0.2) is 9.97 Å². The van der Waals surface area contributed by atoms with Gasteiger partial charge in [-0.1, -0.05) is 96.5 Å². The fraction of sp³-hybridized carbons (Fsp3) is 0. The maximum atomic E-state index is 6.34. The van der Waals surface area contributed by atoms with Crippen LogP contribution in [0.2, 0.25) is 5.02 Å². The van der Waals surface area contributed by atoms with Crippen molar-refractivity contribution in [3.8, 4) is 33.9 Å². The average Bonchev–Trinajstić information content (AvgIpc) is 2.80. The third-order valence-corrected chi connectivity index (χ3v) is 5.28. The van der Waals surface area contributed by atoms with Crippen LogP contribution in [0.5, 0.6) is 0 Å². The van der Waals surface area contributed by atoms with Gasteiger partial charge in [0, 0.05) is 27.1 Å². The molecule has 0 aliphatic carbocycles. The Bertz CT molecular complexity index is 1240. The van der Waals surface area contributed by atoms with E-state index in [1.807, 2.05) is 66.7 Å². The molecule has 0 fully saturated rings. The lowest BCUT2D eigenvalue weighted by atomic mass is 10.0. The molecule has 0 unspecified atom stereocenters. The third kappa shape index (κ3) is 3.51. The minimum absolute atomic E-state index is 0.716. The summed E-state index contributed by atoms with van der Waals surface area (Å²) in [7, 11) is 0. The molecule has 0 radical (unpaired) electrons. The summed E-state index contributed by atoms with van der Waals surface area (Å²) in [5.41, 5.74) is 4.89. The van der Waals surface area contributed by atoms with Crippen molar-refractivity contribution in [1.82, 2.24) is 9.97 Å². The first-order valence-corrected chi connectivity index (χ1v) is 9.84. The molecule has 0 spiro atoms. The van der Waals surface area contributed by atoms with Gasteiger partial charge in [0.1, 0.15) is 0 Å². The largest absolute Gasteiger partial charge is 0.228 e. The lowest BCUT2D eigenvalue weighted by Gasteiger charge is -2.10. The summed E-state index contributed by atoms with van der Waals surface area (Å²) in [5, 5.41) is 2.89. The van der Waals surface area contributed by atoms with E-state index in [1.54, 1.807) is 0 Å². The average molecular weight is 393 g/mol. The predicted octanol–water partition coefficient (Wildman–Crippen LogP) is 7.28. The van der Waals surface area contributed by atoms with E-state index in [1.165, 1.54) is 0 Å². The molecule has 2 nitrogen and oxygen atoms in total. The smallest absolute Gasteiger partial charge is 0.160 e. The molecule has 0 N–H and O–H groups in total. The molecule has 0 aliphatic rings. The molecule has 29 heavy (non-hydrogen) atoms. The number of benzene rings is 4. The summed E-state index contributed by atoms with van der Waals surface area (Å²) >= 11 is 6.34. The van der Waals surface area contributed by atoms with Gasteiger partial charge in [-0.05, 0) is 23.6 Å². The van der Waals surface area contributed by atoms with E-state index in [0.717, 1.165) is 43.9 Å². The Hall–Kier alpha value is -3.49. The standard InChI is InChI=1S/C26H17ClN2/c27-23-13-7-12-20-16-21(14-15-22(20)23)25-17-24(18-8-3-1-4-9-18)28-26(29-25)19-10-5-2-6-11-19/h1-17H. The highest BCUT2D eigenvalue weighted by molar-refractivity contribution is 6.35. The fourth-order valence-corrected chi connectivity index (χ4v) is 3.72. The number of halogens is 1. The number of nitrogens with zero attached hydrogens (tertiary/aromatic N) is 2. The highest BCUT2D eigenvalue weighted by atomic mass is 35.5. The van der Waals surface area contributed by atoms with Crippen LogP contribution in [0.15, 0.2) is 103 Å². The second kappa shape index (κ2) is 7.50. The van der Waals surface area contributed by atoms with E-state index >= 15 is 0 Å². The third-order valence-electron chi connectivity index (χ3n) is 4.95. The first-order valence-electron chi connectivity index (χ1n) is 9.46. The zero-order chi connectivity index (χ0) is 19.6. The van der Waals surface area contributed by atoms with E-state index in [9.17, 15) is 0 Å². The summed E-state index contributed by atoms with van der Waals surface area (Å²) in [4.78, 5) is 9.73. The van der Waals surface area contributed by atoms with Gasteiger partial charge in [0.15, 0.2) is 5.82 Å². The van der Waals surface area contributed by atoms with Gasteiger partial charge in [0.05, 0.1) is 11.4 Å². The first-order chi connectivity index (χ1) is 14.3. The molecule has 3 heteroatoms. The van der Waals surface area contributed by atoms with Crippen LogP contribution in [0.3, 0.4) is 0 Å². The normalized spacial score (nSPS) is 10.9. The first kappa shape index (κ1) is 17.6. The van der Waals surface area contributed by atoms with Crippen molar-refractivity contribution in [3.63, 3.8) is 0 Å². The van der Waals surface area contributed by atoms with Gasteiger partial charge in [-0.15, -0.1) is 0 Å². The van der Waals surface area contributed by atoms with Gasteiger partial charge >= 0.3 is 0 Å². The second-order valence-electron chi connectivity index (χ2n) is 6.87. The maximum absolute atomic E-state index is 6.34. The topological polar surface area (TPSA) is 25.8 Å². The number of hydrogen-bond donors (Lipinski definition) is 0. The molecule has 5 rings (SSSR count). The monoisotopic (exact) mass is 392 g/mol. The Morgan fingerprint density at radius 1 is 0.517 bits per heavy atom. The molecule has 0 bridgehead atoms. The number of aromatic nitrogens is 2. The molecule has 1 heterocycles. The van der Waals surface area contributed by atoms with Crippen LogP contribution < -0.4 is 0 Å². The Balaban J connectivity index is 1.72. The lowest BCUT2D eigenvalue weighted by molar-refractivity contribution is 1.18. The molecule has 4 aromatic carbocycles. The lowest BCUT2D eigenvalue weighted by Crippen LogP contribution is -1.95. The number of hydrogen-bond acceptors (Lipinski definition) is 2. The van der Waals surface area contributed by atoms with E-state index in [-0.39, 0.29) is 0 Å². The SMILES string of the molecule is Clc1cccc2cc(-c3cc(-c4ccccc4)nc(-c4ccccc4)n3)ccc12. The van der Waals surface area contributed by atoms with Crippen LogP contribution >= 0.6 is 11.6 Å². The highest BCUT2D eigenvalue weighted by Gasteiger charge is 2.11. The summed E-state index contributed by atoms with van der Waals surface area (Å²) in [5.74, 6) is 0.716.